The third-order valence-electron chi connectivity index (χ3n) is 5.53. The standard InChI is InChI=1S/C20H27BrN2O3/c1-5-22-16(24)10-12-9-13(21)11-14(17(12)18(22)20(2,3)4)15-7-6-8-23(15)19(25)26/h9,11,15,18H,5-8,10H2,1-4H3,(H,25,26)/t15-,18?/m0/s1. The molecular weight excluding hydrogens is 396 g/mol. The number of halogens is 1. The van der Waals surface area contributed by atoms with Crippen LogP contribution in [-0.2, 0) is 11.2 Å². The van der Waals surface area contributed by atoms with Gasteiger partial charge in [0.15, 0.2) is 0 Å². The van der Waals surface area contributed by atoms with Gasteiger partial charge in [-0.15, -0.1) is 0 Å². The second-order valence-corrected chi connectivity index (χ2v) is 9.24. The van der Waals surface area contributed by atoms with Gasteiger partial charge in [0.05, 0.1) is 18.5 Å². The van der Waals surface area contributed by atoms with Crippen LogP contribution in [0.15, 0.2) is 16.6 Å². The third-order valence-corrected chi connectivity index (χ3v) is 5.99. The summed E-state index contributed by atoms with van der Waals surface area (Å²) in [4.78, 5) is 28.0. The molecule has 2 amide bonds. The van der Waals surface area contributed by atoms with Crippen molar-refractivity contribution >= 4 is 27.9 Å². The lowest BCUT2D eigenvalue weighted by Gasteiger charge is -2.46. The Morgan fingerprint density at radius 2 is 2.04 bits per heavy atom. The fourth-order valence-corrected chi connectivity index (χ4v) is 5.12. The molecule has 2 atom stereocenters. The first-order valence-electron chi connectivity index (χ1n) is 9.26. The number of carbonyl (C=O) groups excluding carboxylic acids is 1. The lowest BCUT2D eigenvalue weighted by atomic mass is 9.74. The lowest BCUT2D eigenvalue weighted by Crippen LogP contribution is -2.46. The van der Waals surface area contributed by atoms with Crippen molar-refractivity contribution in [2.24, 2.45) is 5.41 Å². The highest BCUT2D eigenvalue weighted by molar-refractivity contribution is 9.10. The van der Waals surface area contributed by atoms with Gasteiger partial charge in [0.2, 0.25) is 5.91 Å². The molecule has 1 unspecified atom stereocenters. The van der Waals surface area contributed by atoms with Crippen LogP contribution >= 0.6 is 15.9 Å². The molecule has 6 heteroatoms. The molecule has 2 aliphatic rings. The third kappa shape index (κ3) is 3.24. The number of nitrogens with zero attached hydrogens (tertiary/aromatic N) is 2. The molecule has 3 rings (SSSR count). The van der Waals surface area contributed by atoms with Crippen LogP contribution in [0.1, 0.15) is 69.3 Å². The van der Waals surface area contributed by atoms with E-state index in [0.29, 0.717) is 19.5 Å². The van der Waals surface area contributed by atoms with E-state index in [4.69, 9.17) is 0 Å². The van der Waals surface area contributed by atoms with E-state index in [9.17, 15) is 14.7 Å². The number of hydrogen-bond acceptors (Lipinski definition) is 2. The summed E-state index contributed by atoms with van der Waals surface area (Å²) in [5.41, 5.74) is 3.09. The Hall–Kier alpha value is -1.56. The van der Waals surface area contributed by atoms with Gasteiger partial charge >= 0.3 is 6.09 Å². The van der Waals surface area contributed by atoms with Crippen LogP contribution in [-0.4, -0.2) is 40.0 Å². The summed E-state index contributed by atoms with van der Waals surface area (Å²) in [5, 5.41) is 9.63. The topological polar surface area (TPSA) is 60.9 Å². The van der Waals surface area contributed by atoms with Gasteiger partial charge in [-0.25, -0.2) is 4.79 Å². The highest BCUT2D eigenvalue weighted by Crippen LogP contribution is 2.48. The molecular formula is C20H27BrN2O3. The van der Waals surface area contributed by atoms with Gasteiger partial charge in [0.25, 0.3) is 0 Å². The van der Waals surface area contributed by atoms with E-state index < -0.39 is 6.09 Å². The fraction of sp³-hybridized carbons (Fsp3) is 0.600. The Balaban J connectivity index is 2.22. The van der Waals surface area contributed by atoms with E-state index in [1.54, 1.807) is 4.90 Å². The minimum atomic E-state index is -0.868. The molecule has 5 nitrogen and oxygen atoms in total. The molecule has 0 bridgehead atoms. The van der Waals surface area contributed by atoms with Crippen LogP contribution in [0, 0.1) is 5.41 Å². The van der Waals surface area contributed by atoms with Gasteiger partial charge < -0.3 is 14.9 Å². The molecule has 0 aromatic heterocycles. The van der Waals surface area contributed by atoms with Crippen molar-refractivity contribution < 1.29 is 14.7 Å². The first-order chi connectivity index (χ1) is 12.1. The van der Waals surface area contributed by atoms with Crippen LogP contribution in [0.5, 0.6) is 0 Å². The minimum absolute atomic E-state index is 0.0527. The van der Waals surface area contributed by atoms with E-state index in [0.717, 1.165) is 34.0 Å². The van der Waals surface area contributed by atoms with Crippen molar-refractivity contribution in [1.82, 2.24) is 9.80 Å². The lowest BCUT2D eigenvalue weighted by molar-refractivity contribution is -0.136. The number of hydrogen-bond donors (Lipinski definition) is 1. The average molecular weight is 423 g/mol. The molecule has 1 aromatic carbocycles. The molecule has 1 fully saturated rings. The van der Waals surface area contributed by atoms with E-state index in [2.05, 4.69) is 42.8 Å². The number of rotatable bonds is 2. The maximum Gasteiger partial charge on any atom is 0.407 e. The zero-order chi connectivity index (χ0) is 19.2. The Morgan fingerprint density at radius 3 is 2.62 bits per heavy atom. The Bertz CT molecular complexity index is 741. The number of fused-ring (bicyclic) bond motifs is 1. The summed E-state index contributed by atoms with van der Waals surface area (Å²) in [6.45, 7) is 9.69. The zero-order valence-electron chi connectivity index (χ0n) is 15.9. The molecule has 0 radical (unpaired) electrons. The van der Waals surface area contributed by atoms with Crippen LogP contribution in [0.4, 0.5) is 4.79 Å². The van der Waals surface area contributed by atoms with Gasteiger partial charge in [-0.05, 0) is 54.0 Å². The Kier molecular flexibility index (Phi) is 5.08. The van der Waals surface area contributed by atoms with Crippen LogP contribution < -0.4 is 0 Å². The molecule has 2 aliphatic heterocycles. The Morgan fingerprint density at radius 1 is 1.35 bits per heavy atom. The molecule has 0 spiro atoms. The predicted molar refractivity (Wildman–Crippen MR) is 104 cm³/mol. The highest BCUT2D eigenvalue weighted by Gasteiger charge is 2.43. The van der Waals surface area contributed by atoms with Gasteiger partial charge in [-0.1, -0.05) is 36.7 Å². The number of amides is 2. The van der Waals surface area contributed by atoms with Gasteiger partial charge in [0, 0.05) is 17.6 Å². The maximum atomic E-state index is 12.8. The summed E-state index contributed by atoms with van der Waals surface area (Å²) in [6.07, 6.45) is 1.20. The molecule has 0 aliphatic carbocycles. The SMILES string of the molecule is CCN1C(=O)Cc2cc(Br)cc([C@@H]3CCCN3C(=O)O)c2C1C(C)(C)C. The number of likely N-dealkylation sites (tertiary alicyclic amines) is 1. The van der Waals surface area contributed by atoms with Crippen LogP contribution in [0.2, 0.25) is 0 Å². The van der Waals surface area contributed by atoms with Crippen molar-refractivity contribution in [3.63, 3.8) is 0 Å². The zero-order valence-corrected chi connectivity index (χ0v) is 17.5. The second-order valence-electron chi connectivity index (χ2n) is 8.33. The predicted octanol–water partition coefficient (Wildman–Crippen LogP) is 4.76. The molecule has 2 heterocycles. The normalized spacial score (nSPS) is 23.3. The largest absolute Gasteiger partial charge is 0.465 e. The molecule has 1 N–H and O–H groups in total. The van der Waals surface area contributed by atoms with E-state index in [1.807, 2.05) is 17.9 Å². The van der Waals surface area contributed by atoms with E-state index in [-0.39, 0.29) is 23.4 Å². The average Bonchev–Trinajstić information content (AvgIpc) is 3.01. The smallest absolute Gasteiger partial charge is 0.407 e. The molecule has 0 saturated carbocycles. The summed E-state index contributed by atoms with van der Waals surface area (Å²) in [7, 11) is 0. The van der Waals surface area contributed by atoms with Crippen LogP contribution in [0.25, 0.3) is 0 Å². The second kappa shape index (κ2) is 6.87. The number of carboxylic acid groups (broad SMARTS) is 1. The van der Waals surface area contributed by atoms with Gasteiger partial charge in [-0.3, -0.25) is 4.79 Å². The highest BCUT2D eigenvalue weighted by atomic mass is 79.9. The van der Waals surface area contributed by atoms with Crippen molar-refractivity contribution in [2.75, 3.05) is 13.1 Å². The molecule has 142 valence electrons. The van der Waals surface area contributed by atoms with Gasteiger partial charge in [-0.2, -0.15) is 0 Å². The maximum absolute atomic E-state index is 12.8. The quantitative estimate of drug-likeness (QED) is 0.747. The summed E-state index contributed by atoms with van der Waals surface area (Å²) < 4.78 is 0.911. The summed E-state index contributed by atoms with van der Waals surface area (Å²) in [6, 6.07) is 3.90. The van der Waals surface area contributed by atoms with Crippen LogP contribution in [0.3, 0.4) is 0 Å². The Labute approximate surface area is 163 Å². The molecule has 26 heavy (non-hydrogen) atoms. The van der Waals surface area contributed by atoms with Gasteiger partial charge in [0.1, 0.15) is 0 Å². The van der Waals surface area contributed by atoms with Crippen molar-refractivity contribution in [2.45, 2.75) is 59.0 Å². The van der Waals surface area contributed by atoms with Crippen molar-refractivity contribution in [1.29, 1.82) is 0 Å². The summed E-state index contributed by atoms with van der Waals surface area (Å²) >= 11 is 3.58. The number of carbonyl (C=O) groups is 2. The fourth-order valence-electron chi connectivity index (χ4n) is 4.60. The summed E-state index contributed by atoms with van der Waals surface area (Å²) in [5.74, 6) is 0.144. The number of likely N-dealkylation sites (N-methyl/N-ethyl adjacent to an activating group) is 1. The first-order valence-corrected chi connectivity index (χ1v) is 10.1. The molecule has 1 saturated heterocycles. The van der Waals surface area contributed by atoms with Crippen molar-refractivity contribution in [3.8, 4) is 0 Å². The first kappa shape index (κ1) is 19.2. The molecule has 1 aromatic rings. The van der Waals surface area contributed by atoms with E-state index >= 15 is 0 Å². The van der Waals surface area contributed by atoms with Crippen molar-refractivity contribution in [3.05, 3.63) is 33.3 Å². The minimum Gasteiger partial charge on any atom is -0.465 e. The monoisotopic (exact) mass is 422 g/mol. The number of benzene rings is 1. The van der Waals surface area contributed by atoms with E-state index in [1.165, 1.54) is 0 Å².